The average molecular weight is 421 g/mol. The summed E-state index contributed by atoms with van der Waals surface area (Å²) in [6.07, 6.45) is 5.91. The van der Waals surface area contributed by atoms with Gasteiger partial charge in [-0.15, -0.1) is 10.2 Å². The SMILES string of the molecule is CCCC(NC(=O)NCC1CCN(CCc2ccccc2)C1)c1nnc2ccccn12. The van der Waals surface area contributed by atoms with Crippen LogP contribution in [0.25, 0.3) is 5.65 Å². The highest BCUT2D eigenvalue weighted by molar-refractivity contribution is 5.74. The third-order valence-corrected chi connectivity index (χ3v) is 6.02. The van der Waals surface area contributed by atoms with E-state index in [0.717, 1.165) is 56.8 Å². The number of nitrogens with zero attached hydrogens (tertiary/aromatic N) is 4. The van der Waals surface area contributed by atoms with Crippen molar-refractivity contribution in [2.75, 3.05) is 26.2 Å². The molecule has 2 unspecified atom stereocenters. The van der Waals surface area contributed by atoms with Gasteiger partial charge in [0.15, 0.2) is 11.5 Å². The number of rotatable bonds is 9. The number of pyridine rings is 1. The Hall–Kier alpha value is -2.93. The van der Waals surface area contributed by atoms with Gasteiger partial charge >= 0.3 is 6.03 Å². The molecule has 2 amide bonds. The van der Waals surface area contributed by atoms with Crippen LogP contribution in [0.5, 0.6) is 0 Å². The van der Waals surface area contributed by atoms with E-state index in [1.54, 1.807) is 0 Å². The molecule has 2 N–H and O–H groups in total. The van der Waals surface area contributed by atoms with E-state index >= 15 is 0 Å². The predicted octanol–water partition coefficient (Wildman–Crippen LogP) is 3.43. The summed E-state index contributed by atoms with van der Waals surface area (Å²) >= 11 is 0. The summed E-state index contributed by atoms with van der Waals surface area (Å²) in [5.41, 5.74) is 2.17. The first-order valence-electron chi connectivity index (χ1n) is 11.3. The highest BCUT2D eigenvalue weighted by atomic mass is 16.2. The van der Waals surface area contributed by atoms with Gasteiger partial charge in [-0.05, 0) is 49.4 Å². The van der Waals surface area contributed by atoms with Gasteiger partial charge in [-0.3, -0.25) is 4.40 Å². The van der Waals surface area contributed by atoms with E-state index in [-0.39, 0.29) is 12.1 Å². The number of hydrogen-bond donors (Lipinski definition) is 2. The highest BCUT2D eigenvalue weighted by Crippen LogP contribution is 2.18. The number of fused-ring (bicyclic) bond motifs is 1. The molecule has 1 aliphatic heterocycles. The molecule has 3 heterocycles. The maximum atomic E-state index is 12.6. The van der Waals surface area contributed by atoms with Crippen LogP contribution in [0.4, 0.5) is 4.79 Å². The maximum absolute atomic E-state index is 12.6. The minimum atomic E-state index is -0.159. The molecule has 7 heteroatoms. The quantitative estimate of drug-likeness (QED) is 0.556. The fraction of sp³-hybridized carbons (Fsp3) is 0.458. The lowest BCUT2D eigenvalue weighted by Crippen LogP contribution is -2.41. The third kappa shape index (κ3) is 5.61. The Morgan fingerprint density at radius 1 is 1.16 bits per heavy atom. The standard InChI is InChI=1S/C24H32N6O/c1-2-8-21(23-28-27-22-11-6-7-14-30(22)23)26-24(31)25-17-20-13-16-29(18-20)15-12-19-9-4-3-5-10-19/h3-7,9-11,14,20-21H,2,8,12-13,15-18H2,1H3,(H2,25,26,31). The van der Waals surface area contributed by atoms with Crippen LogP contribution < -0.4 is 10.6 Å². The van der Waals surface area contributed by atoms with Crippen molar-refractivity contribution in [3.8, 4) is 0 Å². The topological polar surface area (TPSA) is 74.6 Å². The van der Waals surface area contributed by atoms with E-state index in [4.69, 9.17) is 0 Å². The Morgan fingerprint density at radius 3 is 2.84 bits per heavy atom. The minimum Gasteiger partial charge on any atom is -0.338 e. The first-order chi connectivity index (χ1) is 15.2. The lowest BCUT2D eigenvalue weighted by molar-refractivity contribution is 0.233. The van der Waals surface area contributed by atoms with E-state index in [9.17, 15) is 4.79 Å². The Morgan fingerprint density at radius 2 is 2.00 bits per heavy atom. The lowest BCUT2D eigenvalue weighted by Gasteiger charge is -2.19. The zero-order chi connectivity index (χ0) is 21.5. The molecule has 0 saturated carbocycles. The summed E-state index contributed by atoms with van der Waals surface area (Å²) in [7, 11) is 0. The van der Waals surface area contributed by atoms with Crippen molar-refractivity contribution in [3.63, 3.8) is 0 Å². The van der Waals surface area contributed by atoms with Gasteiger partial charge in [0.05, 0.1) is 6.04 Å². The van der Waals surface area contributed by atoms with Crippen molar-refractivity contribution < 1.29 is 4.79 Å². The molecule has 1 aliphatic rings. The van der Waals surface area contributed by atoms with Crippen LogP contribution in [-0.4, -0.2) is 51.7 Å². The monoisotopic (exact) mass is 420 g/mol. The maximum Gasteiger partial charge on any atom is 0.315 e. The van der Waals surface area contributed by atoms with Crippen molar-refractivity contribution in [2.24, 2.45) is 5.92 Å². The second kappa shape index (κ2) is 10.4. The van der Waals surface area contributed by atoms with Crippen molar-refractivity contribution >= 4 is 11.7 Å². The molecule has 0 radical (unpaired) electrons. The molecular weight excluding hydrogens is 388 g/mol. The molecule has 4 rings (SSSR count). The van der Waals surface area contributed by atoms with Gasteiger partial charge in [-0.25, -0.2) is 4.79 Å². The van der Waals surface area contributed by atoms with E-state index < -0.39 is 0 Å². The van der Waals surface area contributed by atoms with E-state index in [2.05, 4.69) is 63.0 Å². The fourth-order valence-electron chi connectivity index (χ4n) is 4.31. The van der Waals surface area contributed by atoms with Crippen molar-refractivity contribution in [3.05, 3.63) is 66.1 Å². The van der Waals surface area contributed by atoms with Crippen molar-refractivity contribution in [1.29, 1.82) is 0 Å². The number of carbonyl (C=O) groups is 1. The van der Waals surface area contributed by atoms with Crippen LogP contribution >= 0.6 is 0 Å². The van der Waals surface area contributed by atoms with Crippen molar-refractivity contribution in [2.45, 2.75) is 38.6 Å². The number of amides is 2. The van der Waals surface area contributed by atoms with Crippen LogP contribution in [-0.2, 0) is 6.42 Å². The van der Waals surface area contributed by atoms with Gasteiger partial charge in [0.25, 0.3) is 0 Å². The van der Waals surface area contributed by atoms with Gasteiger partial charge in [-0.1, -0.05) is 49.7 Å². The van der Waals surface area contributed by atoms with E-state index in [1.165, 1.54) is 5.56 Å². The van der Waals surface area contributed by atoms with Crippen LogP contribution in [0, 0.1) is 5.92 Å². The lowest BCUT2D eigenvalue weighted by atomic mass is 10.1. The minimum absolute atomic E-state index is 0.131. The summed E-state index contributed by atoms with van der Waals surface area (Å²) in [6.45, 7) is 6.03. The second-order valence-electron chi connectivity index (χ2n) is 8.37. The van der Waals surface area contributed by atoms with Crippen LogP contribution in [0.3, 0.4) is 0 Å². The predicted molar refractivity (Wildman–Crippen MR) is 122 cm³/mol. The molecule has 2 atom stereocenters. The normalized spacial score (nSPS) is 17.6. The Labute approximate surface area is 183 Å². The summed E-state index contributed by atoms with van der Waals surface area (Å²) < 4.78 is 1.95. The average Bonchev–Trinajstić information content (AvgIpc) is 3.44. The summed E-state index contributed by atoms with van der Waals surface area (Å²) in [5.74, 6) is 1.28. The Kier molecular flexibility index (Phi) is 7.14. The zero-order valence-corrected chi connectivity index (χ0v) is 18.2. The molecular formula is C24H32N6O. The second-order valence-corrected chi connectivity index (χ2v) is 8.37. The van der Waals surface area contributed by atoms with Gasteiger partial charge in [0.2, 0.25) is 0 Å². The highest BCUT2D eigenvalue weighted by Gasteiger charge is 2.24. The number of urea groups is 1. The molecule has 1 saturated heterocycles. The number of nitrogens with one attached hydrogen (secondary N) is 2. The van der Waals surface area contributed by atoms with Crippen LogP contribution in [0.2, 0.25) is 0 Å². The largest absolute Gasteiger partial charge is 0.338 e. The van der Waals surface area contributed by atoms with E-state index in [1.807, 2.05) is 28.8 Å². The smallest absolute Gasteiger partial charge is 0.315 e. The fourth-order valence-corrected chi connectivity index (χ4v) is 4.31. The molecule has 1 fully saturated rings. The summed E-state index contributed by atoms with van der Waals surface area (Å²) in [4.78, 5) is 15.1. The number of carbonyl (C=O) groups excluding carboxylic acids is 1. The Balaban J connectivity index is 1.24. The zero-order valence-electron chi connectivity index (χ0n) is 18.2. The molecule has 31 heavy (non-hydrogen) atoms. The Bertz CT molecular complexity index is 972. The number of aromatic nitrogens is 3. The summed E-state index contributed by atoms with van der Waals surface area (Å²) in [6, 6.07) is 16.1. The molecule has 1 aromatic carbocycles. The van der Waals surface area contributed by atoms with E-state index in [0.29, 0.717) is 12.5 Å². The molecule has 2 aromatic heterocycles. The number of hydrogen-bond acceptors (Lipinski definition) is 4. The molecule has 0 bridgehead atoms. The van der Waals surface area contributed by atoms with Gasteiger partial charge in [-0.2, -0.15) is 0 Å². The third-order valence-electron chi connectivity index (χ3n) is 6.02. The van der Waals surface area contributed by atoms with Gasteiger partial charge < -0.3 is 15.5 Å². The molecule has 164 valence electrons. The van der Waals surface area contributed by atoms with Crippen molar-refractivity contribution in [1.82, 2.24) is 30.1 Å². The molecule has 3 aromatic rings. The summed E-state index contributed by atoms with van der Waals surface area (Å²) in [5, 5.41) is 14.7. The number of likely N-dealkylation sites (tertiary alicyclic amines) is 1. The van der Waals surface area contributed by atoms with Gasteiger partial charge in [0, 0.05) is 25.8 Å². The first-order valence-corrected chi connectivity index (χ1v) is 11.3. The molecule has 0 spiro atoms. The van der Waals surface area contributed by atoms with Crippen LogP contribution in [0.1, 0.15) is 43.6 Å². The number of benzene rings is 1. The first kappa shape index (κ1) is 21.3. The molecule has 7 nitrogen and oxygen atoms in total. The van der Waals surface area contributed by atoms with Gasteiger partial charge in [0.1, 0.15) is 0 Å². The molecule has 0 aliphatic carbocycles. The van der Waals surface area contributed by atoms with Crippen LogP contribution in [0.15, 0.2) is 54.7 Å².